The average Bonchev–Trinajstić information content (AvgIpc) is 3.24. The first-order valence-electron chi connectivity index (χ1n) is 9.85. The van der Waals surface area contributed by atoms with Crippen LogP contribution in [0, 0.1) is 0 Å². The molecule has 1 amide bonds. The van der Waals surface area contributed by atoms with Gasteiger partial charge in [-0.15, -0.1) is 0 Å². The SMILES string of the molecule is CN(CC1CC(c2ccccc2)=NO1)C(=O)C(c1ccccc1)c1ccccc1. The largest absolute Gasteiger partial charge is 0.390 e. The van der Waals surface area contributed by atoms with E-state index in [1.165, 1.54) is 0 Å². The first kappa shape index (κ1) is 18.9. The van der Waals surface area contributed by atoms with Crippen LogP contribution in [0.2, 0.25) is 0 Å². The van der Waals surface area contributed by atoms with Crippen molar-refractivity contribution >= 4 is 11.6 Å². The van der Waals surface area contributed by atoms with E-state index in [-0.39, 0.29) is 17.9 Å². The van der Waals surface area contributed by atoms with E-state index < -0.39 is 0 Å². The Kier molecular flexibility index (Phi) is 5.71. The number of carbonyl (C=O) groups excluding carboxylic acids is 1. The maximum absolute atomic E-state index is 13.4. The van der Waals surface area contributed by atoms with Crippen LogP contribution in [0.3, 0.4) is 0 Å². The van der Waals surface area contributed by atoms with E-state index in [0.717, 1.165) is 22.4 Å². The zero-order chi connectivity index (χ0) is 20.1. The second kappa shape index (κ2) is 8.74. The van der Waals surface area contributed by atoms with E-state index in [1.807, 2.05) is 98.0 Å². The predicted molar refractivity (Wildman–Crippen MR) is 115 cm³/mol. The van der Waals surface area contributed by atoms with Gasteiger partial charge >= 0.3 is 0 Å². The van der Waals surface area contributed by atoms with Gasteiger partial charge in [0.05, 0.1) is 18.2 Å². The number of likely N-dealkylation sites (N-methyl/N-ethyl adjacent to an activating group) is 1. The number of nitrogens with zero attached hydrogens (tertiary/aromatic N) is 2. The molecule has 29 heavy (non-hydrogen) atoms. The van der Waals surface area contributed by atoms with Gasteiger partial charge in [-0.3, -0.25) is 4.79 Å². The second-order valence-electron chi connectivity index (χ2n) is 7.31. The lowest BCUT2D eigenvalue weighted by Gasteiger charge is -2.26. The zero-order valence-electron chi connectivity index (χ0n) is 16.4. The maximum Gasteiger partial charge on any atom is 0.234 e. The molecule has 1 unspecified atom stereocenters. The van der Waals surface area contributed by atoms with Gasteiger partial charge in [-0.2, -0.15) is 0 Å². The van der Waals surface area contributed by atoms with Gasteiger partial charge in [0.25, 0.3) is 0 Å². The Bertz CT molecular complexity index is 932. The van der Waals surface area contributed by atoms with Gasteiger partial charge in [-0.05, 0) is 16.7 Å². The highest BCUT2D eigenvalue weighted by Crippen LogP contribution is 2.27. The fourth-order valence-corrected chi connectivity index (χ4v) is 3.71. The van der Waals surface area contributed by atoms with E-state index >= 15 is 0 Å². The maximum atomic E-state index is 13.4. The fourth-order valence-electron chi connectivity index (χ4n) is 3.71. The van der Waals surface area contributed by atoms with Gasteiger partial charge in [0, 0.05) is 13.5 Å². The first-order chi connectivity index (χ1) is 14.2. The van der Waals surface area contributed by atoms with Crippen LogP contribution in [0.1, 0.15) is 29.0 Å². The molecule has 1 atom stereocenters. The molecule has 0 aliphatic carbocycles. The molecule has 0 saturated heterocycles. The molecule has 4 heteroatoms. The monoisotopic (exact) mass is 384 g/mol. The van der Waals surface area contributed by atoms with E-state index in [1.54, 1.807) is 4.90 Å². The summed E-state index contributed by atoms with van der Waals surface area (Å²) in [5, 5.41) is 4.24. The summed E-state index contributed by atoms with van der Waals surface area (Å²) in [4.78, 5) is 20.8. The van der Waals surface area contributed by atoms with E-state index in [0.29, 0.717) is 13.0 Å². The predicted octanol–water partition coefficient (Wildman–Crippen LogP) is 4.47. The minimum atomic E-state index is -0.335. The van der Waals surface area contributed by atoms with E-state index in [2.05, 4.69) is 5.16 Å². The minimum Gasteiger partial charge on any atom is -0.390 e. The van der Waals surface area contributed by atoms with Crippen LogP contribution in [0.4, 0.5) is 0 Å². The summed E-state index contributed by atoms with van der Waals surface area (Å²) in [6.07, 6.45) is 0.564. The third-order valence-electron chi connectivity index (χ3n) is 5.21. The second-order valence-corrected chi connectivity index (χ2v) is 7.31. The Morgan fingerprint density at radius 2 is 1.45 bits per heavy atom. The van der Waals surface area contributed by atoms with Gasteiger partial charge in [-0.25, -0.2) is 0 Å². The number of benzene rings is 3. The molecule has 1 aliphatic rings. The van der Waals surface area contributed by atoms with E-state index in [4.69, 9.17) is 4.84 Å². The smallest absolute Gasteiger partial charge is 0.234 e. The topological polar surface area (TPSA) is 41.9 Å². The van der Waals surface area contributed by atoms with Crippen LogP contribution in [0.15, 0.2) is 96.2 Å². The normalized spacial score (nSPS) is 15.7. The third kappa shape index (κ3) is 4.37. The molecule has 3 aromatic carbocycles. The van der Waals surface area contributed by atoms with Gasteiger partial charge in [-0.1, -0.05) is 96.2 Å². The van der Waals surface area contributed by atoms with Crippen molar-refractivity contribution in [3.8, 4) is 0 Å². The molecule has 0 fully saturated rings. The Labute approximate surface area is 171 Å². The highest BCUT2D eigenvalue weighted by Gasteiger charge is 2.29. The van der Waals surface area contributed by atoms with Gasteiger partial charge in [0.1, 0.15) is 0 Å². The number of carbonyl (C=O) groups is 1. The molecule has 146 valence electrons. The Morgan fingerprint density at radius 3 is 2.00 bits per heavy atom. The van der Waals surface area contributed by atoms with Crippen molar-refractivity contribution in [2.75, 3.05) is 13.6 Å². The summed E-state index contributed by atoms with van der Waals surface area (Å²) < 4.78 is 0. The summed E-state index contributed by atoms with van der Waals surface area (Å²) in [5.74, 6) is -0.280. The van der Waals surface area contributed by atoms with Gasteiger partial charge in [0.15, 0.2) is 6.10 Å². The van der Waals surface area contributed by atoms with Crippen molar-refractivity contribution in [3.05, 3.63) is 108 Å². The lowest BCUT2D eigenvalue weighted by molar-refractivity contribution is -0.132. The molecule has 0 radical (unpaired) electrons. The molecule has 0 saturated carbocycles. The Hall–Kier alpha value is -3.40. The number of amides is 1. The van der Waals surface area contributed by atoms with Crippen molar-refractivity contribution in [2.45, 2.75) is 18.4 Å². The summed E-state index contributed by atoms with van der Waals surface area (Å²) in [7, 11) is 1.84. The Balaban J connectivity index is 1.47. The fraction of sp³-hybridized carbons (Fsp3) is 0.200. The minimum absolute atomic E-state index is 0.0548. The van der Waals surface area contributed by atoms with Crippen LogP contribution in [0.5, 0.6) is 0 Å². The van der Waals surface area contributed by atoms with Gasteiger partial charge in [0.2, 0.25) is 5.91 Å². The molecule has 0 spiro atoms. The molecular formula is C25H24N2O2. The zero-order valence-corrected chi connectivity index (χ0v) is 16.4. The standard InChI is InChI=1S/C25H24N2O2/c1-27(18-22-17-23(26-29-22)19-11-5-2-6-12-19)25(28)24(20-13-7-3-8-14-20)21-15-9-4-10-16-21/h2-16,22,24H,17-18H2,1H3. The molecule has 0 aromatic heterocycles. The van der Waals surface area contributed by atoms with Gasteiger partial charge < -0.3 is 9.74 Å². The van der Waals surface area contributed by atoms with Crippen LogP contribution in [-0.2, 0) is 9.63 Å². The lowest BCUT2D eigenvalue weighted by Crippen LogP contribution is -2.38. The first-order valence-corrected chi connectivity index (χ1v) is 9.85. The number of hydrogen-bond donors (Lipinski definition) is 0. The molecular weight excluding hydrogens is 360 g/mol. The third-order valence-corrected chi connectivity index (χ3v) is 5.21. The van der Waals surface area contributed by atoms with E-state index in [9.17, 15) is 4.79 Å². The Morgan fingerprint density at radius 1 is 0.931 bits per heavy atom. The molecule has 1 aliphatic heterocycles. The molecule has 0 N–H and O–H groups in total. The highest BCUT2D eigenvalue weighted by molar-refractivity contribution is 6.01. The summed E-state index contributed by atoms with van der Waals surface area (Å²) in [6.45, 7) is 0.495. The van der Waals surface area contributed by atoms with Crippen LogP contribution < -0.4 is 0 Å². The molecule has 1 heterocycles. The molecule has 0 bridgehead atoms. The molecule has 3 aromatic rings. The number of hydrogen-bond acceptors (Lipinski definition) is 3. The van der Waals surface area contributed by atoms with Crippen LogP contribution in [0.25, 0.3) is 0 Å². The number of oxime groups is 1. The van der Waals surface area contributed by atoms with Crippen molar-refractivity contribution in [1.29, 1.82) is 0 Å². The molecule has 4 nitrogen and oxygen atoms in total. The highest BCUT2D eigenvalue weighted by atomic mass is 16.6. The quantitative estimate of drug-likeness (QED) is 0.629. The lowest BCUT2D eigenvalue weighted by atomic mass is 9.90. The number of rotatable bonds is 6. The summed E-state index contributed by atoms with van der Waals surface area (Å²) in [5.41, 5.74) is 3.97. The van der Waals surface area contributed by atoms with Crippen molar-refractivity contribution in [1.82, 2.24) is 4.90 Å². The van der Waals surface area contributed by atoms with Crippen molar-refractivity contribution in [3.63, 3.8) is 0 Å². The molecule has 4 rings (SSSR count). The average molecular weight is 384 g/mol. The summed E-state index contributed by atoms with van der Waals surface area (Å²) >= 11 is 0. The van der Waals surface area contributed by atoms with Crippen molar-refractivity contribution < 1.29 is 9.63 Å². The van der Waals surface area contributed by atoms with Crippen LogP contribution >= 0.6 is 0 Å². The summed E-state index contributed by atoms with van der Waals surface area (Å²) in [6, 6.07) is 29.9. The van der Waals surface area contributed by atoms with Crippen LogP contribution in [-0.4, -0.2) is 36.2 Å². The van der Waals surface area contributed by atoms with Crippen molar-refractivity contribution in [2.24, 2.45) is 5.16 Å².